The zero-order valence-corrected chi connectivity index (χ0v) is 77.9. The summed E-state index contributed by atoms with van der Waals surface area (Å²) in [4.78, 5) is 118. The highest BCUT2D eigenvalue weighted by Gasteiger charge is 2.44. The smallest absolute Gasteiger partial charge is 0.346 e. The standard InChI is InChI=1S/C24H37N7O.2C23H26F3N7O.C22H25ClFN7O/c1-16(2)20-14-29(6)23(32)31(20)21-9-12-25-22(28-21)27-17(3)19-13-30(15-26-19)18-7-10-24(4,5)11-8-18;1-14(2)19-12-31(4)22(34)33(19)20-9-10-27-21(30-20)29-15(3)18-11-32(13-28-18)17-7-5-16(6-8-17)23(24,25)26;1-14(2)19-12-31(4)22(34)33(19)20-8-9-27-21(30-20)29-15(3)18-11-32(13-28-18)17-7-5-6-16(10-17)23(24,25)26;1-13(2)19-11-29(4)22(32)31(19)20-5-6-25-21(28-20)27-14(3)18-10-30(12-26-18)17-8-15(23)7-16(24)9-17/h9,12-13,15-18,20H,7-8,10-11,14H2,1-6H3,(H,25,27,28);2*5-11,13-15,19H,12H2,1-4H3,(H,27,29,30);5-10,12-14,19H,11H2,1-4H3,(H,25,27,28)/t17-,20+;2*15-,19+;14-,19+/m0000/s1. The zero-order valence-electron chi connectivity index (χ0n) is 77.1. The zero-order chi connectivity index (χ0) is 95.3. The summed E-state index contributed by atoms with van der Waals surface area (Å²) < 4.78 is 98.4. The molecule has 3 aromatic carbocycles. The third kappa shape index (κ3) is 22.7. The van der Waals surface area contributed by atoms with Crippen molar-refractivity contribution in [3.63, 3.8) is 0 Å². The fraction of sp³-hybridized carbons (Fsp3) is 0.457. The molecule has 8 atom stereocenters. The second-order valence-corrected chi connectivity index (χ2v) is 36.7. The Balaban J connectivity index is 0.000000150. The molecule has 5 aliphatic rings. The maximum absolute atomic E-state index is 13.7. The number of hydrogen-bond acceptors (Lipinski definition) is 20. The number of carbonyl (C=O) groups is 4. The number of carbonyl (C=O) groups excluding carboxylic acids is 4. The van der Waals surface area contributed by atoms with E-state index >= 15 is 0 Å². The van der Waals surface area contributed by atoms with Gasteiger partial charge in [-0.05, 0) is 167 Å². The van der Waals surface area contributed by atoms with E-state index in [1.54, 1.807) is 156 Å². The van der Waals surface area contributed by atoms with Gasteiger partial charge in [0, 0.05) is 126 Å². The van der Waals surface area contributed by atoms with Crippen LogP contribution in [0.2, 0.25) is 5.02 Å². The van der Waals surface area contributed by atoms with Gasteiger partial charge in [-0.2, -0.15) is 46.3 Å². The second kappa shape index (κ2) is 40.3. The molecule has 0 spiro atoms. The summed E-state index contributed by atoms with van der Waals surface area (Å²) in [5, 5.41) is 13.3. The van der Waals surface area contributed by atoms with E-state index in [4.69, 9.17) is 11.6 Å². The van der Waals surface area contributed by atoms with Gasteiger partial charge in [0.05, 0.1) is 113 Å². The lowest BCUT2D eigenvalue weighted by Crippen LogP contribution is -2.38. The fourth-order valence-electron chi connectivity index (χ4n) is 16.4. The first-order valence-corrected chi connectivity index (χ1v) is 44.4. The summed E-state index contributed by atoms with van der Waals surface area (Å²) in [6.45, 7) is 31.8. The summed E-state index contributed by atoms with van der Waals surface area (Å²) in [5.41, 5.74) is 3.48. The number of hydrogen-bond donors (Lipinski definition) is 4. The number of alkyl halides is 6. The van der Waals surface area contributed by atoms with Crippen LogP contribution in [-0.2, 0) is 12.4 Å². The number of likely N-dealkylation sites (N-methyl/N-ethyl adjacent to an activating group) is 4. The molecule has 4 N–H and O–H groups in total. The summed E-state index contributed by atoms with van der Waals surface area (Å²) in [7, 11) is 7.17. The van der Waals surface area contributed by atoms with Gasteiger partial charge in [0.15, 0.2) is 0 Å². The van der Waals surface area contributed by atoms with Gasteiger partial charge in [0.2, 0.25) is 23.8 Å². The molecular weight excluding hydrogens is 1730 g/mol. The van der Waals surface area contributed by atoms with Crippen molar-refractivity contribution in [2.24, 2.45) is 29.1 Å². The van der Waals surface area contributed by atoms with E-state index in [2.05, 4.69) is 168 Å². The molecule has 0 radical (unpaired) electrons. The van der Waals surface area contributed by atoms with Crippen LogP contribution in [0.25, 0.3) is 17.1 Å². The van der Waals surface area contributed by atoms with Crippen LogP contribution < -0.4 is 40.9 Å². The molecule has 1 aliphatic carbocycles. The third-order valence-corrected chi connectivity index (χ3v) is 24.6. The molecule has 4 saturated heterocycles. The number of nitrogens with zero attached hydrogens (tertiary/aromatic N) is 24. The van der Waals surface area contributed by atoms with Crippen LogP contribution in [0.4, 0.5) is 97.0 Å². The minimum Gasteiger partial charge on any atom is -0.346 e. The van der Waals surface area contributed by atoms with Gasteiger partial charge in [-0.3, -0.25) is 19.6 Å². The molecular formula is C92H114ClF7N28O4. The Labute approximate surface area is 767 Å². The number of halogens is 8. The normalized spacial score (nSPS) is 18.7. The van der Waals surface area contributed by atoms with Gasteiger partial charge in [-0.1, -0.05) is 86.9 Å². The van der Waals surface area contributed by atoms with E-state index < -0.39 is 29.3 Å². The van der Waals surface area contributed by atoms with Crippen LogP contribution in [0.3, 0.4) is 0 Å². The lowest BCUT2D eigenvalue weighted by atomic mass is 9.75. The Hall–Kier alpha value is -13.1. The Morgan fingerprint density at radius 3 is 1.05 bits per heavy atom. The molecule has 40 heteroatoms. The van der Waals surface area contributed by atoms with E-state index in [1.165, 1.54) is 66.9 Å². The molecule has 5 fully saturated rings. The minimum absolute atomic E-state index is 0.000772. The molecule has 8 amide bonds. The van der Waals surface area contributed by atoms with Gasteiger partial charge < -0.3 is 59.1 Å². The highest BCUT2D eigenvalue weighted by molar-refractivity contribution is 6.30. The third-order valence-electron chi connectivity index (χ3n) is 24.4. The number of aromatic nitrogens is 16. The van der Waals surface area contributed by atoms with Crippen molar-refractivity contribution >= 4 is 82.8 Å². The largest absolute Gasteiger partial charge is 0.416 e. The number of benzene rings is 3. The highest BCUT2D eigenvalue weighted by atomic mass is 35.5. The van der Waals surface area contributed by atoms with E-state index in [1.807, 2.05) is 40.2 Å². The molecule has 0 unspecified atom stereocenters. The average molecular weight is 1840 g/mol. The van der Waals surface area contributed by atoms with Crippen molar-refractivity contribution in [2.45, 2.75) is 189 Å². The van der Waals surface area contributed by atoms with E-state index in [0.717, 1.165) is 35.7 Å². The number of nitrogens with one attached hydrogen (secondary N) is 4. The van der Waals surface area contributed by atoms with E-state index in [-0.39, 0.29) is 90.2 Å². The number of rotatable bonds is 24. The van der Waals surface area contributed by atoms with Crippen LogP contribution >= 0.6 is 11.6 Å². The molecule has 16 rings (SSSR count). The molecule has 4 aliphatic heterocycles. The summed E-state index contributed by atoms with van der Waals surface area (Å²) >= 11 is 5.96. The van der Waals surface area contributed by atoms with Crippen molar-refractivity contribution in [1.29, 1.82) is 0 Å². The summed E-state index contributed by atoms with van der Waals surface area (Å²) in [6, 6.07) is 20.7. The molecule has 8 aromatic heterocycles. The lowest BCUT2D eigenvalue weighted by Gasteiger charge is -2.34. The topological polar surface area (TPSA) is 317 Å². The molecule has 12 heterocycles. The van der Waals surface area contributed by atoms with Crippen molar-refractivity contribution in [3.8, 4) is 17.1 Å². The second-order valence-electron chi connectivity index (χ2n) is 36.3. The van der Waals surface area contributed by atoms with Crippen LogP contribution in [0.1, 0.15) is 187 Å². The van der Waals surface area contributed by atoms with Gasteiger partial charge in [0.1, 0.15) is 29.1 Å². The van der Waals surface area contributed by atoms with Gasteiger partial charge in [-0.15, -0.1) is 0 Å². The van der Waals surface area contributed by atoms with Crippen LogP contribution in [0.15, 0.2) is 166 Å². The fourth-order valence-corrected chi connectivity index (χ4v) is 16.6. The monoisotopic (exact) mass is 1840 g/mol. The Kier molecular flexibility index (Phi) is 29.5. The molecule has 1 saturated carbocycles. The minimum atomic E-state index is -4.42. The molecule has 32 nitrogen and oxygen atoms in total. The Morgan fingerprint density at radius 2 is 0.712 bits per heavy atom. The van der Waals surface area contributed by atoms with Gasteiger partial charge in [0.25, 0.3) is 0 Å². The number of imidazole rings is 4. The number of urea groups is 4. The van der Waals surface area contributed by atoms with Crippen molar-refractivity contribution in [1.82, 2.24) is 97.7 Å². The quantitative estimate of drug-likeness (QED) is 0.0408. The molecule has 702 valence electrons. The van der Waals surface area contributed by atoms with Crippen molar-refractivity contribution in [3.05, 3.63) is 211 Å². The van der Waals surface area contributed by atoms with Crippen LogP contribution in [0.5, 0.6) is 0 Å². The van der Waals surface area contributed by atoms with E-state index in [0.29, 0.717) is 124 Å². The average Bonchev–Trinajstić information content (AvgIpc) is 1.65. The first kappa shape index (κ1) is 96.5. The van der Waals surface area contributed by atoms with Crippen molar-refractivity contribution < 1.29 is 49.9 Å². The summed E-state index contributed by atoms with van der Waals surface area (Å²) in [6.07, 6.45) is 16.5. The maximum Gasteiger partial charge on any atom is 0.416 e. The molecule has 0 bridgehead atoms. The first-order valence-electron chi connectivity index (χ1n) is 44.0. The number of amides is 8. The predicted octanol–water partition coefficient (Wildman–Crippen LogP) is 18.9. The first-order chi connectivity index (χ1) is 62.4. The predicted molar refractivity (Wildman–Crippen MR) is 492 cm³/mol. The van der Waals surface area contributed by atoms with Crippen LogP contribution in [-0.4, -0.2) is 200 Å². The molecule has 132 heavy (non-hydrogen) atoms. The van der Waals surface area contributed by atoms with E-state index in [9.17, 15) is 49.9 Å². The maximum atomic E-state index is 13.7. The summed E-state index contributed by atoms with van der Waals surface area (Å²) in [5.74, 6) is 4.51. The Bertz CT molecular complexity index is 5790. The lowest BCUT2D eigenvalue weighted by molar-refractivity contribution is -0.138. The van der Waals surface area contributed by atoms with Crippen molar-refractivity contribution in [2.75, 3.05) is 95.2 Å². The highest BCUT2D eigenvalue weighted by Crippen LogP contribution is 2.42. The SMILES string of the molecule is CC(C)[C@H]1CN(C)C(=O)N1c1ccnc(N[C@@H](C)c2cn(-c3cc(F)cc(Cl)c3)cn2)n1.CC(C)[C@H]1CN(C)C(=O)N1c1ccnc(N[C@@H](C)c2cn(-c3ccc(C(F)(F)F)cc3)cn2)n1.CC(C)[C@H]1CN(C)C(=O)N1c1ccnc(N[C@@H](C)c2cn(-c3cccc(C(F)(F)F)c3)cn2)n1.CC(C)[C@H]1CN(C)C(=O)N1c1ccnc(N[C@@H](C)c2cn(C3CCC(C)(C)CC3)cn2)n1. The Morgan fingerprint density at radius 1 is 0.386 bits per heavy atom. The van der Waals surface area contributed by atoms with Gasteiger partial charge in [-0.25, -0.2) is 63.4 Å². The molecule has 11 aromatic rings. The number of anilines is 8. The van der Waals surface area contributed by atoms with Gasteiger partial charge >= 0.3 is 36.5 Å². The van der Waals surface area contributed by atoms with Crippen LogP contribution in [0, 0.1) is 34.9 Å².